The fourth-order valence-corrected chi connectivity index (χ4v) is 1.88. The molecule has 0 saturated heterocycles. The largest absolute Gasteiger partial charge is 0.313 e. The predicted octanol–water partition coefficient (Wildman–Crippen LogP) is 0.885. The van der Waals surface area contributed by atoms with Crippen molar-refractivity contribution >= 4 is 37.2 Å². The number of halogens is 3. The average molecular weight is 305 g/mol. The van der Waals surface area contributed by atoms with Crippen LogP contribution in [0.15, 0.2) is 0 Å². The molecule has 17 heavy (non-hydrogen) atoms. The molecule has 1 N–H and O–H groups in total. The lowest BCUT2D eigenvalue weighted by molar-refractivity contribution is 0.289. The van der Waals surface area contributed by atoms with E-state index in [1.54, 1.807) is 0 Å². The van der Waals surface area contributed by atoms with Crippen molar-refractivity contribution in [3.05, 3.63) is 11.6 Å². The number of nitrogens with one attached hydrogen (secondary N) is 1. The number of fused-ring (bicyclic) bond motifs is 1. The van der Waals surface area contributed by atoms with Gasteiger partial charge in [-0.3, -0.25) is 0 Å². The van der Waals surface area contributed by atoms with E-state index in [-0.39, 0.29) is 37.2 Å². The lowest BCUT2D eigenvalue weighted by atomic mass is 10.2. The Bertz CT molecular complexity index is 328. The summed E-state index contributed by atoms with van der Waals surface area (Å²) >= 11 is 0. The molecule has 0 spiro atoms. The highest BCUT2D eigenvalue weighted by Crippen LogP contribution is 2.08. The zero-order chi connectivity index (χ0) is 10.1. The van der Waals surface area contributed by atoms with Crippen molar-refractivity contribution < 1.29 is 0 Å². The van der Waals surface area contributed by atoms with Crippen LogP contribution in [0, 0.1) is 6.92 Å². The molecule has 1 aliphatic rings. The van der Waals surface area contributed by atoms with E-state index >= 15 is 0 Å². The lowest BCUT2D eigenvalue weighted by Crippen LogP contribution is -2.45. The molecule has 1 atom stereocenters. The van der Waals surface area contributed by atoms with Crippen molar-refractivity contribution in [1.29, 1.82) is 0 Å². The number of nitrogens with zero attached hydrogens (tertiary/aromatic N) is 4. The van der Waals surface area contributed by atoms with Gasteiger partial charge in [0.05, 0.1) is 6.54 Å². The van der Waals surface area contributed by atoms with Gasteiger partial charge in [0.25, 0.3) is 0 Å². The van der Waals surface area contributed by atoms with E-state index in [2.05, 4.69) is 39.1 Å². The first-order chi connectivity index (χ1) is 6.66. The molecule has 0 bridgehead atoms. The van der Waals surface area contributed by atoms with Gasteiger partial charge in [-0.1, -0.05) is 0 Å². The van der Waals surface area contributed by atoms with E-state index in [1.165, 1.54) is 0 Å². The van der Waals surface area contributed by atoms with E-state index in [0.717, 1.165) is 31.3 Å². The zero-order valence-electron chi connectivity index (χ0n) is 10.2. The minimum absolute atomic E-state index is 0. The third kappa shape index (κ3) is 4.60. The van der Waals surface area contributed by atoms with Gasteiger partial charge in [0.15, 0.2) is 0 Å². The van der Waals surface area contributed by atoms with Crippen LogP contribution in [-0.2, 0) is 13.1 Å². The first-order valence-electron chi connectivity index (χ1n) is 4.93. The van der Waals surface area contributed by atoms with Crippen LogP contribution >= 0.6 is 37.2 Å². The summed E-state index contributed by atoms with van der Waals surface area (Å²) in [5.74, 6) is 2.07. The molecule has 2 rings (SSSR count). The Hall–Kier alpha value is -0.0700. The van der Waals surface area contributed by atoms with E-state index in [0.29, 0.717) is 6.04 Å². The van der Waals surface area contributed by atoms with Crippen LogP contribution < -0.4 is 5.32 Å². The van der Waals surface area contributed by atoms with Crippen LogP contribution in [-0.4, -0.2) is 46.3 Å². The van der Waals surface area contributed by atoms with Crippen LogP contribution in [0.5, 0.6) is 0 Å². The Morgan fingerprint density at radius 3 is 2.53 bits per heavy atom. The molecule has 1 unspecified atom stereocenters. The van der Waals surface area contributed by atoms with E-state index < -0.39 is 0 Å². The summed E-state index contributed by atoms with van der Waals surface area (Å²) in [5, 5.41) is 11.6. The van der Waals surface area contributed by atoms with E-state index in [1.807, 2.05) is 6.92 Å². The first-order valence-corrected chi connectivity index (χ1v) is 4.93. The Morgan fingerprint density at radius 2 is 1.94 bits per heavy atom. The fraction of sp³-hybridized carbons (Fsp3) is 0.778. The van der Waals surface area contributed by atoms with Crippen molar-refractivity contribution in [2.75, 3.05) is 20.6 Å². The molecule has 102 valence electrons. The van der Waals surface area contributed by atoms with E-state index in [9.17, 15) is 0 Å². The summed E-state index contributed by atoms with van der Waals surface area (Å²) in [6.45, 7) is 4.87. The molecule has 1 aromatic rings. The number of aromatic nitrogens is 3. The predicted molar refractivity (Wildman–Crippen MR) is 75.7 cm³/mol. The summed E-state index contributed by atoms with van der Waals surface area (Å²) in [7, 11) is 4.19. The van der Waals surface area contributed by atoms with Crippen LogP contribution in [0.3, 0.4) is 0 Å². The Morgan fingerprint density at radius 1 is 1.29 bits per heavy atom. The van der Waals surface area contributed by atoms with Crippen molar-refractivity contribution in [3.63, 3.8) is 0 Å². The van der Waals surface area contributed by atoms with Crippen LogP contribution in [0.25, 0.3) is 0 Å². The van der Waals surface area contributed by atoms with Gasteiger partial charge < -0.3 is 14.8 Å². The summed E-state index contributed by atoms with van der Waals surface area (Å²) in [4.78, 5) is 2.20. The molecule has 1 aromatic heterocycles. The number of hydrogen-bond acceptors (Lipinski definition) is 4. The number of rotatable bonds is 2. The van der Waals surface area contributed by atoms with Crippen LogP contribution in [0.1, 0.15) is 11.6 Å². The van der Waals surface area contributed by atoms with Crippen LogP contribution in [0.4, 0.5) is 0 Å². The molecule has 0 aromatic carbocycles. The molecule has 0 saturated carbocycles. The molecular weight excluding hydrogens is 284 g/mol. The topological polar surface area (TPSA) is 46.0 Å². The maximum atomic E-state index is 4.11. The molecular formula is C9H20Cl3N5. The van der Waals surface area contributed by atoms with Gasteiger partial charge in [-0.2, -0.15) is 0 Å². The van der Waals surface area contributed by atoms with Gasteiger partial charge in [0, 0.05) is 19.1 Å². The SMILES string of the molecule is Cc1nnc2n1CC(CN(C)C)NC2.Cl.Cl.Cl. The van der Waals surface area contributed by atoms with Gasteiger partial charge in [0.1, 0.15) is 11.6 Å². The summed E-state index contributed by atoms with van der Waals surface area (Å²) in [6.07, 6.45) is 0. The maximum Gasteiger partial charge on any atom is 0.147 e. The molecule has 1 aliphatic heterocycles. The molecule has 5 nitrogen and oxygen atoms in total. The highest BCUT2D eigenvalue weighted by Gasteiger charge is 2.20. The molecule has 0 aliphatic carbocycles. The van der Waals surface area contributed by atoms with Gasteiger partial charge in [-0.25, -0.2) is 0 Å². The van der Waals surface area contributed by atoms with Gasteiger partial charge in [0.2, 0.25) is 0 Å². The van der Waals surface area contributed by atoms with Gasteiger partial charge >= 0.3 is 0 Å². The monoisotopic (exact) mass is 303 g/mol. The normalized spacial score (nSPS) is 17.5. The molecule has 8 heteroatoms. The number of aryl methyl sites for hydroxylation is 1. The van der Waals surface area contributed by atoms with Crippen LogP contribution in [0.2, 0.25) is 0 Å². The Balaban J connectivity index is 0. The summed E-state index contributed by atoms with van der Waals surface area (Å²) in [5.41, 5.74) is 0. The molecule has 0 fully saturated rings. The number of hydrogen-bond donors (Lipinski definition) is 1. The number of likely N-dealkylation sites (N-methyl/N-ethyl adjacent to an activating group) is 1. The Kier molecular flexibility index (Phi) is 9.19. The molecule has 0 radical (unpaired) electrons. The van der Waals surface area contributed by atoms with Gasteiger partial charge in [-0.05, 0) is 21.0 Å². The lowest BCUT2D eigenvalue weighted by Gasteiger charge is -2.27. The zero-order valence-corrected chi connectivity index (χ0v) is 12.7. The smallest absolute Gasteiger partial charge is 0.147 e. The van der Waals surface area contributed by atoms with E-state index in [4.69, 9.17) is 0 Å². The summed E-state index contributed by atoms with van der Waals surface area (Å²) < 4.78 is 2.20. The second kappa shape index (κ2) is 8.11. The highest BCUT2D eigenvalue weighted by atomic mass is 35.5. The van der Waals surface area contributed by atoms with Crippen molar-refractivity contribution in [1.82, 2.24) is 25.0 Å². The second-order valence-corrected chi connectivity index (χ2v) is 4.11. The minimum Gasteiger partial charge on any atom is -0.313 e. The highest BCUT2D eigenvalue weighted by molar-refractivity contribution is 5.86. The first kappa shape index (κ1) is 19.3. The third-order valence-corrected chi connectivity index (χ3v) is 2.55. The Labute approximate surface area is 121 Å². The van der Waals surface area contributed by atoms with Crippen molar-refractivity contribution in [2.24, 2.45) is 0 Å². The van der Waals surface area contributed by atoms with Gasteiger partial charge in [-0.15, -0.1) is 47.4 Å². The molecule has 2 heterocycles. The summed E-state index contributed by atoms with van der Waals surface area (Å²) in [6, 6.07) is 0.507. The van der Waals surface area contributed by atoms with Crippen molar-refractivity contribution in [3.8, 4) is 0 Å². The minimum atomic E-state index is 0. The second-order valence-electron chi connectivity index (χ2n) is 4.11. The molecule has 0 amide bonds. The fourth-order valence-electron chi connectivity index (χ4n) is 1.88. The third-order valence-electron chi connectivity index (χ3n) is 2.55. The maximum absolute atomic E-state index is 4.11. The average Bonchev–Trinajstić information content (AvgIpc) is 2.47. The van der Waals surface area contributed by atoms with Crippen molar-refractivity contribution in [2.45, 2.75) is 26.1 Å². The standard InChI is InChI=1S/C9H17N5.3ClH/c1-7-11-12-9-4-10-8(5-13(2)3)6-14(7)9;;;/h8,10H,4-6H2,1-3H3;3*1H. The quantitative estimate of drug-likeness (QED) is 0.881.